The number of nitrogens with two attached hydrogens (primary N) is 1. The van der Waals surface area contributed by atoms with Crippen molar-refractivity contribution >= 4 is 11.6 Å². The molecule has 0 bridgehead atoms. The first-order chi connectivity index (χ1) is 10.2. The Balaban J connectivity index is 1.84. The Kier molecular flexibility index (Phi) is 3.70. The van der Waals surface area contributed by atoms with Crippen LogP contribution in [0.1, 0.15) is 43.1 Å². The molecule has 0 fully saturated rings. The molecule has 0 radical (unpaired) electrons. The number of benzene rings is 1. The van der Waals surface area contributed by atoms with Crippen LogP contribution in [-0.2, 0) is 11.2 Å². The average molecular weight is 285 g/mol. The number of carbonyl (C=O) groups excluding carboxylic acids is 1. The molecule has 110 valence electrons. The molecule has 1 aliphatic heterocycles. The van der Waals surface area contributed by atoms with Gasteiger partial charge < -0.3 is 11.1 Å². The summed E-state index contributed by atoms with van der Waals surface area (Å²) in [7, 11) is 0. The molecule has 0 aliphatic carbocycles. The fraction of sp³-hybridized carbons (Fsp3) is 0.400. The Labute approximate surface area is 123 Å². The summed E-state index contributed by atoms with van der Waals surface area (Å²) >= 11 is 0. The van der Waals surface area contributed by atoms with Gasteiger partial charge in [-0.1, -0.05) is 30.3 Å². The van der Waals surface area contributed by atoms with Crippen LogP contribution in [0.2, 0.25) is 0 Å². The minimum Gasteiger partial charge on any atom is -0.324 e. The van der Waals surface area contributed by atoms with E-state index in [-0.39, 0.29) is 18.0 Å². The number of carbonyl (C=O) groups is 1. The van der Waals surface area contributed by atoms with Gasteiger partial charge in [0.1, 0.15) is 6.04 Å². The molecule has 2 heterocycles. The Morgan fingerprint density at radius 2 is 2.29 bits per heavy atom. The molecule has 1 aromatic heterocycles. The molecule has 6 heteroatoms. The Morgan fingerprint density at radius 1 is 1.48 bits per heavy atom. The van der Waals surface area contributed by atoms with Gasteiger partial charge in [0.25, 0.3) is 0 Å². The zero-order chi connectivity index (χ0) is 14.8. The third-order valence-electron chi connectivity index (χ3n) is 3.93. The van der Waals surface area contributed by atoms with Crippen molar-refractivity contribution in [1.29, 1.82) is 0 Å². The fourth-order valence-corrected chi connectivity index (χ4v) is 2.57. The maximum absolute atomic E-state index is 12.4. The van der Waals surface area contributed by atoms with Gasteiger partial charge in [-0.05, 0) is 30.9 Å². The lowest BCUT2D eigenvalue weighted by atomic mass is 10.1. The van der Waals surface area contributed by atoms with Crippen molar-refractivity contribution in [3.8, 4) is 0 Å². The lowest BCUT2D eigenvalue weighted by molar-refractivity contribution is -0.119. The SMILES string of the molecule is CCC(N)c1cn(C2CCc3ccccc3NC2=O)nn1. The molecule has 1 amide bonds. The lowest BCUT2D eigenvalue weighted by Crippen LogP contribution is -2.25. The number of amides is 1. The first kappa shape index (κ1) is 13.8. The monoisotopic (exact) mass is 285 g/mol. The summed E-state index contributed by atoms with van der Waals surface area (Å²) in [5.74, 6) is -0.0542. The Hall–Kier alpha value is -2.21. The second-order valence-electron chi connectivity index (χ2n) is 5.34. The van der Waals surface area contributed by atoms with Crippen LogP contribution in [0.15, 0.2) is 30.5 Å². The highest BCUT2D eigenvalue weighted by Crippen LogP contribution is 2.26. The molecule has 3 rings (SSSR count). The van der Waals surface area contributed by atoms with Crippen LogP contribution in [0.25, 0.3) is 0 Å². The number of fused-ring (bicyclic) bond motifs is 1. The molecule has 0 saturated heterocycles. The smallest absolute Gasteiger partial charge is 0.249 e. The largest absolute Gasteiger partial charge is 0.324 e. The normalized spacial score (nSPS) is 19.5. The highest BCUT2D eigenvalue weighted by Gasteiger charge is 2.26. The maximum Gasteiger partial charge on any atom is 0.249 e. The van der Waals surface area contributed by atoms with Crippen molar-refractivity contribution in [1.82, 2.24) is 15.0 Å². The summed E-state index contributed by atoms with van der Waals surface area (Å²) < 4.78 is 1.63. The first-order valence-corrected chi connectivity index (χ1v) is 7.25. The molecule has 0 saturated carbocycles. The minimum absolute atomic E-state index is 0.0542. The predicted octanol–water partition coefficient (Wildman–Crippen LogP) is 1.81. The molecule has 2 aromatic rings. The van der Waals surface area contributed by atoms with E-state index in [1.807, 2.05) is 31.2 Å². The van der Waals surface area contributed by atoms with E-state index < -0.39 is 0 Å². The van der Waals surface area contributed by atoms with Crippen molar-refractivity contribution in [2.45, 2.75) is 38.3 Å². The summed E-state index contributed by atoms with van der Waals surface area (Å²) in [6, 6.07) is 7.40. The molecule has 0 spiro atoms. The van der Waals surface area contributed by atoms with Crippen LogP contribution in [0.4, 0.5) is 5.69 Å². The van der Waals surface area contributed by atoms with Crippen LogP contribution in [-0.4, -0.2) is 20.9 Å². The van der Waals surface area contributed by atoms with Gasteiger partial charge in [0.15, 0.2) is 0 Å². The van der Waals surface area contributed by atoms with E-state index in [1.54, 1.807) is 10.9 Å². The number of aromatic nitrogens is 3. The highest BCUT2D eigenvalue weighted by atomic mass is 16.2. The zero-order valence-electron chi connectivity index (χ0n) is 12.0. The summed E-state index contributed by atoms with van der Waals surface area (Å²) in [5.41, 5.74) is 8.72. The van der Waals surface area contributed by atoms with Gasteiger partial charge in [0.05, 0.1) is 17.9 Å². The van der Waals surface area contributed by atoms with Crippen LogP contribution in [0.5, 0.6) is 0 Å². The highest BCUT2D eigenvalue weighted by molar-refractivity contribution is 5.95. The summed E-state index contributed by atoms with van der Waals surface area (Å²) in [4.78, 5) is 12.4. The number of nitrogens with one attached hydrogen (secondary N) is 1. The quantitative estimate of drug-likeness (QED) is 0.900. The first-order valence-electron chi connectivity index (χ1n) is 7.25. The van der Waals surface area contributed by atoms with Crippen molar-refractivity contribution in [2.24, 2.45) is 5.73 Å². The molecular weight excluding hydrogens is 266 g/mol. The predicted molar refractivity (Wildman–Crippen MR) is 79.7 cm³/mol. The van der Waals surface area contributed by atoms with Gasteiger partial charge in [0, 0.05) is 5.69 Å². The van der Waals surface area contributed by atoms with Crippen molar-refractivity contribution in [3.63, 3.8) is 0 Å². The van der Waals surface area contributed by atoms with Gasteiger partial charge in [-0.15, -0.1) is 5.10 Å². The standard InChI is InChI=1S/C15H19N5O/c1-2-11(16)13-9-20(19-18-13)14-8-7-10-5-3-4-6-12(10)17-15(14)21/h3-6,9,11,14H,2,7-8,16H2,1H3,(H,17,21). The van der Waals surface area contributed by atoms with Crippen molar-refractivity contribution < 1.29 is 4.79 Å². The summed E-state index contributed by atoms with van der Waals surface area (Å²) in [6.45, 7) is 2.00. The van der Waals surface area contributed by atoms with Crippen LogP contribution in [0.3, 0.4) is 0 Å². The van der Waals surface area contributed by atoms with E-state index >= 15 is 0 Å². The summed E-state index contributed by atoms with van der Waals surface area (Å²) in [5, 5.41) is 11.1. The van der Waals surface area contributed by atoms with Gasteiger partial charge in [-0.25, -0.2) is 4.68 Å². The lowest BCUT2D eigenvalue weighted by Gasteiger charge is -2.12. The number of hydrogen-bond donors (Lipinski definition) is 2. The maximum atomic E-state index is 12.4. The van der Waals surface area contributed by atoms with E-state index in [0.717, 1.165) is 29.8 Å². The number of aryl methyl sites for hydroxylation is 1. The van der Waals surface area contributed by atoms with Gasteiger partial charge in [-0.2, -0.15) is 0 Å². The third kappa shape index (κ3) is 2.67. The molecule has 1 aromatic carbocycles. The van der Waals surface area contributed by atoms with Gasteiger partial charge in [-0.3, -0.25) is 4.79 Å². The molecule has 2 atom stereocenters. The van der Waals surface area contributed by atoms with Gasteiger partial charge >= 0.3 is 0 Å². The molecule has 2 unspecified atom stereocenters. The van der Waals surface area contributed by atoms with E-state index in [4.69, 9.17) is 5.73 Å². The summed E-state index contributed by atoms with van der Waals surface area (Å²) in [6.07, 6.45) is 4.11. The second kappa shape index (κ2) is 5.65. The molecule has 21 heavy (non-hydrogen) atoms. The number of rotatable bonds is 3. The fourth-order valence-electron chi connectivity index (χ4n) is 2.57. The van der Waals surface area contributed by atoms with Crippen LogP contribution >= 0.6 is 0 Å². The minimum atomic E-state index is -0.345. The van der Waals surface area contributed by atoms with E-state index in [1.165, 1.54) is 0 Å². The number of nitrogens with zero attached hydrogens (tertiary/aromatic N) is 3. The number of para-hydroxylation sites is 1. The Morgan fingerprint density at radius 3 is 3.10 bits per heavy atom. The van der Waals surface area contributed by atoms with Crippen LogP contribution in [0, 0.1) is 0 Å². The molecule has 3 N–H and O–H groups in total. The topological polar surface area (TPSA) is 85.8 Å². The third-order valence-corrected chi connectivity index (χ3v) is 3.93. The van der Waals surface area contributed by atoms with Gasteiger partial charge in [0.2, 0.25) is 5.91 Å². The number of hydrogen-bond acceptors (Lipinski definition) is 4. The van der Waals surface area contributed by atoms with E-state index in [9.17, 15) is 4.79 Å². The number of anilines is 1. The van der Waals surface area contributed by atoms with E-state index in [0.29, 0.717) is 6.42 Å². The van der Waals surface area contributed by atoms with Crippen molar-refractivity contribution in [3.05, 3.63) is 41.7 Å². The van der Waals surface area contributed by atoms with Crippen LogP contribution < -0.4 is 11.1 Å². The van der Waals surface area contributed by atoms with Crippen molar-refractivity contribution in [2.75, 3.05) is 5.32 Å². The second-order valence-corrected chi connectivity index (χ2v) is 5.34. The Bertz CT molecular complexity index is 651. The average Bonchev–Trinajstić information content (AvgIpc) is 2.91. The zero-order valence-corrected chi connectivity index (χ0v) is 12.0. The molecular formula is C15H19N5O. The molecule has 6 nitrogen and oxygen atoms in total. The molecule has 1 aliphatic rings. The van der Waals surface area contributed by atoms with E-state index in [2.05, 4.69) is 15.6 Å².